The lowest BCUT2D eigenvalue weighted by atomic mass is 10.2. The Bertz CT molecular complexity index is 650. The summed E-state index contributed by atoms with van der Waals surface area (Å²) >= 11 is 0. The van der Waals surface area contributed by atoms with Crippen LogP contribution in [0, 0.1) is 0 Å². The summed E-state index contributed by atoms with van der Waals surface area (Å²) in [5, 5.41) is 0. The van der Waals surface area contributed by atoms with Crippen LogP contribution >= 0.6 is 0 Å². The molecule has 20 heavy (non-hydrogen) atoms. The smallest absolute Gasteiger partial charge is 0.244 e. The van der Waals surface area contributed by atoms with Crippen LogP contribution in [-0.4, -0.2) is 30.4 Å². The van der Waals surface area contributed by atoms with E-state index in [-0.39, 0.29) is 0 Å². The van der Waals surface area contributed by atoms with Gasteiger partial charge in [-0.2, -0.15) is 4.31 Å². The summed E-state index contributed by atoms with van der Waals surface area (Å²) in [6.45, 7) is 0.917. The Labute approximate surface area is 119 Å². The number of hydrogen-bond acceptors (Lipinski definition) is 3. The summed E-state index contributed by atoms with van der Waals surface area (Å²) < 4.78 is 28.3. The number of sulfonamides is 1. The molecule has 2 N–H and O–H groups in total. The summed E-state index contributed by atoms with van der Waals surface area (Å²) in [4.78, 5) is 0.296. The van der Waals surface area contributed by atoms with Gasteiger partial charge in [-0.15, -0.1) is 0 Å². The molecule has 0 aliphatic rings. The summed E-state index contributed by atoms with van der Waals surface area (Å²) in [6.07, 6.45) is 3.32. The van der Waals surface area contributed by atoms with E-state index in [1.54, 1.807) is 30.1 Å². The normalized spacial score (nSPS) is 11.9. The Hall–Kier alpha value is -1.63. The first-order valence-electron chi connectivity index (χ1n) is 6.40. The second kappa shape index (κ2) is 6.21. The fraction of sp³-hybridized carbons (Fsp3) is 0.286. The zero-order chi connectivity index (χ0) is 14.6. The molecule has 2 aromatic rings. The van der Waals surface area contributed by atoms with E-state index in [9.17, 15) is 8.42 Å². The average molecular weight is 293 g/mol. The fourth-order valence-corrected chi connectivity index (χ4v) is 3.49. The molecular formula is C14H19N3O2S. The number of hydrogen-bond donors (Lipinski definition) is 1. The molecule has 6 heteroatoms. The highest BCUT2D eigenvalue weighted by Gasteiger charge is 2.24. The lowest BCUT2D eigenvalue weighted by Gasteiger charge is -2.21. The van der Waals surface area contributed by atoms with Crippen LogP contribution in [0.3, 0.4) is 0 Å². The molecule has 0 radical (unpaired) electrons. The Morgan fingerprint density at radius 3 is 2.45 bits per heavy atom. The number of nitrogens with zero attached hydrogens (tertiary/aromatic N) is 2. The second-order valence-corrected chi connectivity index (χ2v) is 6.56. The van der Waals surface area contributed by atoms with Gasteiger partial charge in [-0.3, -0.25) is 0 Å². The molecule has 0 fully saturated rings. The Morgan fingerprint density at radius 2 is 1.90 bits per heavy atom. The van der Waals surface area contributed by atoms with Gasteiger partial charge in [-0.1, -0.05) is 30.3 Å². The molecule has 0 atom stereocenters. The third kappa shape index (κ3) is 3.27. The Kier molecular flexibility index (Phi) is 4.59. The van der Waals surface area contributed by atoms with Crippen molar-refractivity contribution < 1.29 is 8.42 Å². The zero-order valence-electron chi connectivity index (χ0n) is 11.4. The van der Waals surface area contributed by atoms with Gasteiger partial charge in [0.15, 0.2) is 0 Å². The fourth-order valence-electron chi connectivity index (χ4n) is 1.99. The quantitative estimate of drug-likeness (QED) is 0.869. The third-order valence-electron chi connectivity index (χ3n) is 3.02. The van der Waals surface area contributed by atoms with Gasteiger partial charge in [0, 0.05) is 39.1 Å². The van der Waals surface area contributed by atoms with Crippen LogP contribution in [0.4, 0.5) is 0 Å². The van der Waals surface area contributed by atoms with Crippen LogP contribution in [-0.2, 0) is 23.6 Å². The van der Waals surface area contributed by atoms with Crippen molar-refractivity contribution in [1.82, 2.24) is 8.87 Å². The van der Waals surface area contributed by atoms with Gasteiger partial charge in [0.1, 0.15) is 0 Å². The molecule has 0 unspecified atom stereocenters. The van der Waals surface area contributed by atoms with E-state index in [2.05, 4.69) is 0 Å². The van der Waals surface area contributed by atoms with Gasteiger partial charge < -0.3 is 10.3 Å². The van der Waals surface area contributed by atoms with Gasteiger partial charge in [0.25, 0.3) is 0 Å². The van der Waals surface area contributed by atoms with Crippen LogP contribution in [0.15, 0.2) is 53.7 Å². The summed E-state index contributed by atoms with van der Waals surface area (Å²) in [7, 11) is -1.71. The van der Waals surface area contributed by atoms with E-state index < -0.39 is 10.0 Å². The number of rotatable bonds is 6. The number of aryl methyl sites for hydroxylation is 1. The zero-order valence-corrected chi connectivity index (χ0v) is 12.3. The largest absolute Gasteiger partial charge is 0.356 e. The van der Waals surface area contributed by atoms with Gasteiger partial charge >= 0.3 is 0 Å². The van der Waals surface area contributed by atoms with E-state index in [0.717, 1.165) is 5.56 Å². The van der Waals surface area contributed by atoms with Crippen molar-refractivity contribution in [1.29, 1.82) is 0 Å². The number of aromatic nitrogens is 1. The predicted octanol–water partition coefficient (Wildman–Crippen LogP) is 1.17. The summed E-state index contributed by atoms with van der Waals surface area (Å²) in [5.74, 6) is 0. The number of benzene rings is 1. The first-order valence-corrected chi connectivity index (χ1v) is 7.84. The molecule has 0 spiro atoms. The highest BCUT2D eigenvalue weighted by Crippen LogP contribution is 2.18. The molecule has 0 aliphatic carbocycles. The van der Waals surface area contributed by atoms with Gasteiger partial charge in [0.2, 0.25) is 10.0 Å². The first kappa shape index (κ1) is 14.8. The highest BCUT2D eigenvalue weighted by molar-refractivity contribution is 7.89. The standard InChI is InChI=1S/C14H19N3O2S/c1-16-9-7-14(12-16)20(18,19)17(10-8-15)11-13-5-3-2-4-6-13/h2-7,9,12H,8,10-11,15H2,1H3. The van der Waals surface area contributed by atoms with Crippen LogP contribution in [0.5, 0.6) is 0 Å². The number of nitrogens with two attached hydrogens (primary N) is 1. The lowest BCUT2D eigenvalue weighted by Crippen LogP contribution is -2.34. The minimum absolute atomic E-state index is 0.291. The van der Waals surface area contributed by atoms with E-state index in [1.807, 2.05) is 30.3 Å². The average Bonchev–Trinajstić information content (AvgIpc) is 2.87. The van der Waals surface area contributed by atoms with Gasteiger partial charge in [0.05, 0.1) is 4.90 Å². The molecule has 2 rings (SSSR count). The van der Waals surface area contributed by atoms with Crippen molar-refractivity contribution in [3.05, 3.63) is 54.4 Å². The van der Waals surface area contributed by atoms with Crippen molar-refractivity contribution in [2.45, 2.75) is 11.4 Å². The van der Waals surface area contributed by atoms with Gasteiger partial charge in [-0.25, -0.2) is 8.42 Å². The molecule has 1 heterocycles. The topological polar surface area (TPSA) is 68.3 Å². The molecule has 1 aromatic heterocycles. The molecular weight excluding hydrogens is 274 g/mol. The molecule has 1 aromatic carbocycles. The summed E-state index contributed by atoms with van der Waals surface area (Å²) in [5.41, 5.74) is 6.50. The molecule has 5 nitrogen and oxygen atoms in total. The summed E-state index contributed by atoms with van der Waals surface area (Å²) in [6, 6.07) is 11.1. The van der Waals surface area contributed by atoms with Crippen LogP contribution in [0.2, 0.25) is 0 Å². The van der Waals surface area contributed by atoms with Crippen LogP contribution < -0.4 is 5.73 Å². The van der Waals surface area contributed by atoms with Crippen molar-refractivity contribution in [3.63, 3.8) is 0 Å². The monoisotopic (exact) mass is 293 g/mol. The molecule has 0 saturated heterocycles. The molecule has 0 aliphatic heterocycles. The maximum atomic E-state index is 12.6. The Balaban J connectivity index is 2.28. The maximum absolute atomic E-state index is 12.6. The molecule has 0 bridgehead atoms. The molecule has 0 amide bonds. The second-order valence-electron chi connectivity index (χ2n) is 4.63. The third-order valence-corrected chi connectivity index (χ3v) is 4.85. The minimum Gasteiger partial charge on any atom is -0.356 e. The SMILES string of the molecule is Cn1ccc(S(=O)(=O)N(CCN)Cc2ccccc2)c1. The highest BCUT2D eigenvalue weighted by atomic mass is 32.2. The van der Waals surface area contributed by atoms with Crippen molar-refractivity contribution in [2.75, 3.05) is 13.1 Å². The van der Waals surface area contributed by atoms with Crippen molar-refractivity contribution in [2.24, 2.45) is 12.8 Å². The van der Waals surface area contributed by atoms with Crippen LogP contribution in [0.1, 0.15) is 5.56 Å². The van der Waals surface area contributed by atoms with Gasteiger partial charge in [-0.05, 0) is 11.6 Å². The minimum atomic E-state index is -3.51. The van der Waals surface area contributed by atoms with E-state index in [1.165, 1.54) is 4.31 Å². The predicted molar refractivity (Wildman–Crippen MR) is 78.5 cm³/mol. The van der Waals surface area contributed by atoms with E-state index in [0.29, 0.717) is 24.5 Å². The Morgan fingerprint density at radius 1 is 1.20 bits per heavy atom. The van der Waals surface area contributed by atoms with E-state index >= 15 is 0 Å². The lowest BCUT2D eigenvalue weighted by molar-refractivity contribution is 0.414. The van der Waals surface area contributed by atoms with Crippen LogP contribution in [0.25, 0.3) is 0 Å². The maximum Gasteiger partial charge on any atom is 0.244 e. The molecule has 108 valence electrons. The van der Waals surface area contributed by atoms with Crippen molar-refractivity contribution >= 4 is 10.0 Å². The van der Waals surface area contributed by atoms with E-state index in [4.69, 9.17) is 5.73 Å². The first-order chi connectivity index (χ1) is 9.54. The molecule has 0 saturated carbocycles. The van der Waals surface area contributed by atoms with Crippen molar-refractivity contribution in [3.8, 4) is 0 Å².